The zero-order valence-electron chi connectivity index (χ0n) is 11.6. The highest BCUT2D eigenvalue weighted by molar-refractivity contribution is 7.89. The molecule has 0 amide bonds. The maximum absolute atomic E-state index is 12.3. The average Bonchev–Trinajstić information content (AvgIpc) is 3.28. The van der Waals surface area contributed by atoms with E-state index in [2.05, 4.69) is 10.1 Å². The third-order valence-electron chi connectivity index (χ3n) is 3.64. The number of hydrogen-bond acceptors (Lipinski definition) is 6. The minimum Gasteiger partial charge on any atom is -0.323 e. The van der Waals surface area contributed by atoms with Crippen LogP contribution in [0.5, 0.6) is 0 Å². The second-order valence-corrected chi connectivity index (χ2v) is 6.98. The first-order chi connectivity index (χ1) is 9.85. The van der Waals surface area contributed by atoms with Crippen molar-refractivity contribution in [2.45, 2.75) is 24.7 Å². The minimum atomic E-state index is -3.76. The molecule has 9 heteroatoms. The molecule has 0 saturated heterocycles. The van der Waals surface area contributed by atoms with Gasteiger partial charge in [0.2, 0.25) is 10.0 Å². The van der Waals surface area contributed by atoms with Crippen LogP contribution in [-0.4, -0.2) is 19.9 Å². The normalized spacial score (nSPS) is 16.5. The molecule has 1 aromatic carbocycles. The molecule has 1 unspecified atom stereocenters. The van der Waals surface area contributed by atoms with Crippen LogP contribution in [0.15, 0.2) is 23.1 Å². The number of nitrogens with zero attached hydrogens (tertiary/aromatic N) is 1. The van der Waals surface area contributed by atoms with Gasteiger partial charge in [0.1, 0.15) is 4.90 Å². The van der Waals surface area contributed by atoms with Gasteiger partial charge in [-0.3, -0.25) is 16.0 Å². The van der Waals surface area contributed by atoms with Crippen molar-refractivity contribution in [1.82, 2.24) is 4.72 Å². The van der Waals surface area contributed by atoms with E-state index >= 15 is 0 Å². The quantitative estimate of drug-likeness (QED) is 0.394. The van der Waals surface area contributed by atoms with Gasteiger partial charge in [-0.25, -0.2) is 13.1 Å². The van der Waals surface area contributed by atoms with Gasteiger partial charge in [0.05, 0.1) is 10.6 Å². The van der Waals surface area contributed by atoms with Gasteiger partial charge < -0.3 is 5.43 Å². The SMILES string of the molecule is CC(CNS(=O)(=O)c1ccc([N+](=O)[O-])cc1NN)C1CC1. The standard InChI is InChI=1S/C12H18N4O4S/c1-8(9-2-3-9)7-14-21(19,20)12-5-4-10(16(17)18)6-11(12)15-13/h4-6,8-9,14-15H,2-3,7,13H2,1H3. The zero-order valence-corrected chi connectivity index (χ0v) is 12.4. The Bertz CT molecular complexity index is 643. The Morgan fingerprint density at radius 3 is 2.67 bits per heavy atom. The Morgan fingerprint density at radius 2 is 2.14 bits per heavy atom. The van der Waals surface area contributed by atoms with Gasteiger partial charge in [0.25, 0.3) is 5.69 Å². The van der Waals surface area contributed by atoms with Gasteiger partial charge in [-0.2, -0.15) is 0 Å². The fourth-order valence-corrected chi connectivity index (χ4v) is 3.42. The molecule has 0 heterocycles. The van der Waals surface area contributed by atoms with Crippen molar-refractivity contribution in [3.63, 3.8) is 0 Å². The molecule has 21 heavy (non-hydrogen) atoms. The number of hydrogen-bond donors (Lipinski definition) is 3. The molecule has 1 aliphatic rings. The minimum absolute atomic E-state index is 0.00391. The summed E-state index contributed by atoms with van der Waals surface area (Å²) in [5.41, 5.74) is 1.96. The maximum Gasteiger partial charge on any atom is 0.271 e. The first-order valence-corrected chi connectivity index (χ1v) is 8.08. The molecule has 0 aliphatic heterocycles. The molecule has 0 bridgehead atoms. The first-order valence-electron chi connectivity index (χ1n) is 6.60. The molecular formula is C12H18N4O4S. The lowest BCUT2D eigenvalue weighted by molar-refractivity contribution is -0.384. The van der Waals surface area contributed by atoms with Crippen LogP contribution in [0.1, 0.15) is 19.8 Å². The number of rotatable bonds is 7. The molecule has 0 spiro atoms. The van der Waals surface area contributed by atoms with Crippen molar-refractivity contribution in [1.29, 1.82) is 0 Å². The molecule has 0 aromatic heterocycles. The van der Waals surface area contributed by atoms with E-state index in [-0.39, 0.29) is 22.2 Å². The summed E-state index contributed by atoms with van der Waals surface area (Å²) in [5.74, 6) is 6.12. The Balaban J connectivity index is 2.19. The largest absolute Gasteiger partial charge is 0.323 e. The Kier molecular flexibility index (Phi) is 4.45. The second kappa shape index (κ2) is 5.96. The molecule has 8 nitrogen and oxygen atoms in total. The first kappa shape index (κ1) is 15.7. The molecule has 1 atom stereocenters. The van der Waals surface area contributed by atoms with Crippen LogP contribution in [0.25, 0.3) is 0 Å². The van der Waals surface area contributed by atoms with Crippen LogP contribution < -0.4 is 16.0 Å². The molecule has 1 aliphatic carbocycles. The Labute approximate surface area is 122 Å². The lowest BCUT2D eigenvalue weighted by Gasteiger charge is -2.14. The summed E-state index contributed by atoms with van der Waals surface area (Å²) in [6, 6.07) is 3.41. The van der Waals surface area contributed by atoms with Crippen molar-refractivity contribution in [3.8, 4) is 0 Å². The number of nitrogens with two attached hydrogens (primary N) is 1. The number of anilines is 1. The summed E-state index contributed by atoms with van der Waals surface area (Å²) in [6.07, 6.45) is 2.27. The number of sulfonamides is 1. The molecule has 1 fully saturated rings. The van der Waals surface area contributed by atoms with E-state index < -0.39 is 14.9 Å². The summed E-state index contributed by atoms with van der Waals surface area (Å²) in [7, 11) is -3.76. The van der Waals surface area contributed by atoms with Gasteiger partial charge in [-0.15, -0.1) is 0 Å². The molecule has 116 valence electrons. The van der Waals surface area contributed by atoms with E-state index in [0.717, 1.165) is 25.0 Å². The second-order valence-electron chi connectivity index (χ2n) is 5.25. The smallest absolute Gasteiger partial charge is 0.271 e. The third kappa shape index (κ3) is 3.69. The highest BCUT2D eigenvalue weighted by Crippen LogP contribution is 2.36. The molecule has 1 aromatic rings. The van der Waals surface area contributed by atoms with Crippen LogP contribution >= 0.6 is 0 Å². The van der Waals surface area contributed by atoms with E-state index in [4.69, 9.17) is 5.84 Å². The van der Waals surface area contributed by atoms with Crippen LogP contribution in [-0.2, 0) is 10.0 Å². The predicted octanol–water partition coefficient (Wildman–Crippen LogP) is 1.20. The van der Waals surface area contributed by atoms with Crippen LogP contribution in [0.4, 0.5) is 11.4 Å². The number of benzene rings is 1. The molecule has 1 saturated carbocycles. The monoisotopic (exact) mass is 314 g/mol. The number of nitrogens with one attached hydrogen (secondary N) is 2. The van der Waals surface area contributed by atoms with E-state index in [9.17, 15) is 18.5 Å². The predicted molar refractivity (Wildman–Crippen MR) is 78.0 cm³/mol. The van der Waals surface area contributed by atoms with Gasteiger partial charge in [-0.1, -0.05) is 6.92 Å². The summed E-state index contributed by atoms with van der Waals surface area (Å²) in [4.78, 5) is 9.99. The summed E-state index contributed by atoms with van der Waals surface area (Å²) < 4.78 is 27.1. The zero-order chi connectivity index (χ0) is 15.6. The summed E-state index contributed by atoms with van der Waals surface area (Å²) in [6.45, 7) is 2.34. The highest BCUT2D eigenvalue weighted by atomic mass is 32.2. The molecular weight excluding hydrogens is 296 g/mol. The molecule has 4 N–H and O–H groups in total. The third-order valence-corrected chi connectivity index (χ3v) is 5.12. The van der Waals surface area contributed by atoms with Crippen molar-refractivity contribution in [2.24, 2.45) is 17.7 Å². The number of nitrogen functional groups attached to an aromatic ring is 1. The fraction of sp³-hybridized carbons (Fsp3) is 0.500. The van der Waals surface area contributed by atoms with Gasteiger partial charge in [0, 0.05) is 18.7 Å². The Morgan fingerprint density at radius 1 is 1.48 bits per heavy atom. The van der Waals surface area contributed by atoms with Crippen LogP contribution in [0.3, 0.4) is 0 Å². The highest BCUT2D eigenvalue weighted by Gasteiger charge is 2.29. The van der Waals surface area contributed by atoms with Crippen LogP contribution in [0, 0.1) is 22.0 Å². The van der Waals surface area contributed by atoms with Crippen molar-refractivity contribution in [3.05, 3.63) is 28.3 Å². The maximum atomic E-state index is 12.3. The van der Waals surface area contributed by atoms with Gasteiger partial charge in [0.15, 0.2) is 0 Å². The van der Waals surface area contributed by atoms with E-state index in [0.29, 0.717) is 12.5 Å². The van der Waals surface area contributed by atoms with Crippen LogP contribution in [0.2, 0.25) is 0 Å². The number of non-ortho nitro benzene ring substituents is 1. The molecule has 2 rings (SSSR count). The van der Waals surface area contributed by atoms with Crippen molar-refractivity contribution in [2.75, 3.05) is 12.0 Å². The summed E-state index contributed by atoms with van der Waals surface area (Å²) in [5, 5.41) is 10.7. The number of hydrazine groups is 1. The molecule has 0 radical (unpaired) electrons. The topological polar surface area (TPSA) is 127 Å². The average molecular weight is 314 g/mol. The van der Waals surface area contributed by atoms with E-state index in [1.165, 1.54) is 6.07 Å². The van der Waals surface area contributed by atoms with Gasteiger partial charge >= 0.3 is 0 Å². The lowest BCUT2D eigenvalue weighted by atomic mass is 10.1. The van der Waals surface area contributed by atoms with Crippen molar-refractivity contribution >= 4 is 21.4 Å². The van der Waals surface area contributed by atoms with E-state index in [1.807, 2.05) is 6.92 Å². The summed E-state index contributed by atoms with van der Waals surface area (Å²) >= 11 is 0. The lowest BCUT2D eigenvalue weighted by Crippen LogP contribution is -2.30. The Hall–Kier alpha value is -1.71. The fourth-order valence-electron chi connectivity index (χ4n) is 2.13. The van der Waals surface area contributed by atoms with E-state index in [1.54, 1.807) is 0 Å². The van der Waals surface area contributed by atoms with Crippen molar-refractivity contribution < 1.29 is 13.3 Å². The number of nitro groups is 1. The van der Waals surface area contributed by atoms with Gasteiger partial charge in [-0.05, 0) is 30.7 Å². The number of nitro benzene ring substituents is 1.